The van der Waals surface area contributed by atoms with Crippen molar-refractivity contribution in [1.82, 2.24) is 9.55 Å². The SMILES string of the molecule is COc1cc2nc(C)n(CCOc3ccccc3N)c2cc1OC. The molecule has 126 valence electrons. The molecule has 0 spiro atoms. The Morgan fingerprint density at radius 2 is 1.75 bits per heavy atom. The minimum Gasteiger partial charge on any atom is -0.493 e. The number of fused-ring (bicyclic) bond motifs is 1. The molecular formula is C18H21N3O3. The molecule has 2 N–H and O–H groups in total. The van der Waals surface area contributed by atoms with Gasteiger partial charge < -0.3 is 24.5 Å². The molecule has 0 aliphatic rings. The topological polar surface area (TPSA) is 71.5 Å². The number of anilines is 1. The molecule has 0 saturated carbocycles. The Kier molecular flexibility index (Phi) is 4.46. The monoisotopic (exact) mass is 327 g/mol. The lowest BCUT2D eigenvalue weighted by Crippen LogP contribution is -2.10. The number of nitrogens with zero attached hydrogens (tertiary/aromatic N) is 2. The minimum atomic E-state index is 0.495. The fourth-order valence-electron chi connectivity index (χ4n) is 2.71. The van der Waals surface area contributed by atoms with Crippen LogP contribution in [0.1, 0.15) is 5.82 Å². The zero-order valence-electron chi connectivity index (χ0n) is 14.1. The van der Waals surface area contributed by atoms with Crippen molar-refractivity contribution in [3.63, 3.8) is 0 Å². The van der Waals surface area contributed by atoms with Gasteiger partial charge in [-0.05, 0) is 19.1 Å². The second kappa shape index (κ2) is 6.70. The molecule has 0 saturated heterocycles. The molecule has 1 aromatic heterocycles. The Bertz CT molecular complexity index is 858. The maximum Gasteiger partial charge on any atom is 0.163 e. The average molecular weight is 327 g/mol. The fraction of sp³-hybridized carbons (Fsp3) is 0.278. The Morgan fingerprint density at radius 1 is 1.04 bits per heavy atom. The van der Waals surface area contributed by atoms with Crippen molar-refractivity contribution in [3.05, 3.63) is 42.2 Å². The van der Waals surface area contributed by atoms with Crippen LogP contribution in [0.25, 0.3) is 11.0 Å². The molecule has 0 unspecified atom stereocenters. The zero-order chi connectivity index (χ0) is 17.1. The van der Waals surface area contributed by atoms with E-state index in [-0.39, 0.29) is 0 Å². The summed E-state index contributed by atoms with van der Waals surface area (Å²) in [5.74, 6) is 2.95. The summed E-state index contributed by atoms with van der Waals surface area (Å²) in [5, 5.41) is 0. The molecule has 0 aliphatic carbocycles. The number of nitrogen functional groups attached to an aromatic ring is 1. The number of methoxy groups -OCH3 is 2. The predicted molar refractivity (Wildman–Crippen MR) is 93.9 cm³/mol. The Labute approximate surface area is 140 Å². The normalized spacial score (nSPS) is 10.8. The van der Waals surface area contributed by atoms with Gasteiger partial charge in [-0.1, -0.05) is 12.1 Å². The standard InChI is InChI=1S/C18H21N3O3/c1-12-20-14-10-17(22-2)18(23-3)11-15(14)21(12)8-9-24-16-7-5-4-6-13(16)19/h4-7,10-11H,8-9,19H2,1-3H3. The van der Waals surface area contributed by atoms with Gasteiger partial charge in [0.1, 0.15) is 18.2 Å². The summed E-state index contributed by atoms with van der Waals surface area (Å²) in [7, 11) is 3.24. The number of aryl methyl sites for hydroxylation is 1. The van der Waals surface area contributed by atoms with Crippen LogP contribution < -0.4 is 19.9 Å². The summed E-state index contributed by atoms with van der Waals surface area (Å²) in [4.78, 5) is 4.59. The highest BCUT2D eigenvalue weighted by Gasteiger charge is 2.13. The smallest absolute Gasteiger partial charge is 0.163 e. The van der Waals surface area contributed by atoms with Gasteiger partial charge in [-0.15, -0.1) is 0 Å². The van der Waals surface area contributed by atoms with Gasteiger partial charge in [-0.25, -0.2) is 4.98 Å². The molecule has 0 amide bonds. The molecule has 1 heterocycles. The highest BCUT2D eigenvalue weighted by molar-refractivity contribution is 5.80. The lowest BCUT2D eigenvalue weighted by Gasteiger charge is -2.12. The van der Waals surface area contributed by atoms with Gasteiger partial charge in [0, 0.05) is 12.1 Å². The van der Waals surface area contributed by atoms with Crippen LogP contribution in [0.2, 0.25) is 0 Å². The van der Waals surface area contributed by atoms with Crippen LogP contribution >= 0.6 is 0 Å². The van der Waals surface area contributed by atoms with Crippen molar-refractivity contribution in [3.8, 4) is 17.2 Å². The van der Waals surface area contributed by atoms with Crippen molar-refractivity contribution in [1.29, 1.82) is 0 Å². The van der Waals surface area contributed by atoms with Gasteiger partial charge in [-0.3, -0.25) is 0 Å². The Balaban J connectivity index is 1.84. The molecule has 24 heavy (non-hydrogen) atoms. The highest BCUT2D eigenvalue weighted by Crippen LogP contribution is 2.32. The summed E-state index contributed by atoms with van der Waals surface area (Å²) in [5.41, 5.74) is 8.38. The van der Waals surface area contributed by atoms with Gasteiger partial charge in [0.15, 0.2) is 11.5 Å². The average Bonchev–Trinajstić information content (AvgIpc) is 2.90. The number of nitrogens with two attached hydrogens (primary N) is 1. The Hall–Kier alpha value is -2.89. The lowest BCUT2D eigenvalue weighted by molar-refractivity contribution is 0.300. The summed E-state index contributed by atoms with van der Waals surface area (Å²) in [6.07, 6.45) is 0. The quantitative estimate of drug-likeness (QED) is 0.705. The van der Waals surface area contributed by atoms with E-state index in [1.165, 1.54) is 0 Å². The maximum atomic E-state index is 5.90. The lowest BCUT2D eigenvalue weighted by atomic mass is 10.2. The van der Waals surface area contributed by atoms with Gasteiger partial charge >= 0.3 is 0 Å². The molecule has 2 aromatic carbocycles. The second-order valence-electron chi connectivity index (χ2n) is 5.39. The van der Waals surface area contributed by atoms with E-state index in [9.17, 15) is 0 Å². The molecule has 0 bridgehead atoms. The largest absolute Gasteiger partial charge is 0.493 e. The van der Waals surface area contributed by atoms with Gasteiger partial charge in [0.25, 0.3) is 0 Å². The van der Waals surface area contributed by atoms with E-state index >= 15 is 0 Å². The van der Waals surface area contributed by atoms with Crippen molar-refractivity contribution < 1.29 is 14.2 Å². The first-order valence-electron chi connectivity index (χ1n) is 7.70. The van der Waals surface area contributed by atoms with Crippen molar-refractivity contribution in [2.24, 2.45) is 0 Å². The third-order valence-corrected chi connectivity index (χ3v) is 3.94. The van der Waals surface area contributed by atoms with Crippen LogP contribution in [0.15, 0.2) is 36.4 Å². The third kappa shape index (κ3) is 2.95. The molecule has 3 aromatic rings. The maximum absolute atomic E-state index is 5.90. The number of hydrogen-bond acceptors (Lipinski definition) is 5. The predicted octanol–water partition coefficient (Wildman–Crippen LogP) is 3.02. The van der Waals surface area contributed by atoms with Crippen LogP contribution in [0.5, 0.6) is 17.2 Å². The van der Waals surface area contributed by atoms with E-state index in [4.69, 9.17) is 19.9 Å². The molecule has 0 fully saturated rings. The summed E-state index contributed by atoms with van der Waals surface area (Å²) >= 11 is 0. The minimum absolute atomic E-state index is 0.495. The summed E-state index contributed by atoms with van der Waals surface area (Å²) in [6, 6.07) is 11.3. The van der Waals surface area contributed by atoms with E-state index in [0.717, 1.165) is 16.9 Å². The van der Waals surface area contributed by atoms with Crippen molar-refractivity contribution >= 4 is 16.7 Å². The van der Waals surface area contributed by atoms with Crippen LogP contribution in [0, 0.1) is 6.92 Å². The van der Waals surface area contributed by atoms with E-state index in [1.54, 1.807) is 14.2 Å². The number of para-hydroxylation sites is 2. The second-order valence-corrected chi connectivity index (χ2v) is 5.39. The molecule has 3 rings (SSSR count). The molecule has 6 nitrogen and oxygen atoms in total. The van der Waals surface area contributed by atoms with Crippen LogP contribution in [0.4, 0.5) is 5.69 Å². The van der Waals surface area contributed by atoms with E-state index in [2.05, 4.69) is 9.55 Å². The summed E-state index contributed by atoms with van der Waals surface area (Å²) < 4.78 is 18.6. The zero-order valence-corrected chi connectivity index (χ0v) is 14.1. The first-order chi connectivity index (χ1) is 11.6. The summed E-state index contributed by atoms with van der Waals surface area (Å²) in [6.45, 7) is 3.12. The number of ether oxygens (including phenoxy) is 3. The van der Waals surface area contributed by atoms with Gasteiger partial charge in [0.05, 0.1) is 37.5 Å². The first-order valence-corrected chi connectivity index (χ1v) is 7.70. The molecule has 6 heteroatoms. The Morgan fingerprint density at radius 3 is 2.46 bits per heavy atom. The fourth-order valence-corrected chi connectivity index (χ4v) is 2.71. The number of rotatable bonds is 6. The number of hydrogen-bond donors (Lipinski definition) is 1. The third-order valence-electron chi connectivity index (χ3n) is 3.94. The van der Waals surface area contributed by atoms with E-state index < -0.39 is 0 Å². The van der Waals surface area contributed by atoms with Crippen LogP contribution in [-0.2, 0) is 6.54 Å². The highest BCUT2D eigenvalue weighted by atomic mass is 16.5. The van der Waals surface area contributed by atoms with E-state index in [1.807, 2.05) is 43.3 Å². The molecule has 0 atom stereocenters. The first kappa shape index (κ1) is 16.0. The number of imidazole rings is 1. The van der Waals surface area contributed by atoms with Gasteiger partial charge in [-0.2, -0.15) is 0 Å². The van der Waals surface area contributed by atoms with E-state index in [0.29, 0.717) is 36.1 Å². The van der Waals surface area contributed by atoms with Crippen LogP contribution in [0.3, 0.4) is 0 Å². The van der Waals surface area contributed by atoms with Gasteiger partial charge in [0.2, 0.25) is 0 Å². The van der Waals surface area contributed by atoms with Crippen LogP contribution in [-0.4, -0.2) is 30.4 Å². The van der Waals surface area contributed by atoms with Crippen molar-refractivity contribution in [2.45, 2.75) is 13.5 Å². The molecular weight excluding hydrogens is 306 g/mol. The number of aromatic nitrogens is 2. The van der Waals surface area contributed by atoms with Crippen molar-refractivity contribution in [2.75, 3.05) is 26.6 Å². The molecule has 0 radical (unpaired) electrons. The molecule has 0 aliphatic heterocycles. The number of benzene rings is 2.